The van der Waals surface area contributed by atoms with Gasteiger partial charge < -0.3 is 10.4 Å². The van der Waals surface area contributed by atoms with Crippen molar-refractivity contribution in [1.82, 2.24) is 5.32 Å². The lowest BCUT2D eigenvalue weighted by molar-refractivity contribution is -0.138. The molecule has 1 aliphatic rings. The van der Waals surface area contributed by atoms with Gasteiger partial charge in [-0.1, -0.05) is 49.6 Å². The molecule has 0 aliphatic heterocycles. The average Bonchev–Trinajstić information content (AvgIpc) is 2.45. The van der Waals surface area contributed by atoms with Crippen molar-refractivity contribution < 1.29 is 9.90 Å². The molecule has 1 aromatic rings. The predicted molar refractivity (Wildman–Crippen MR) is 76.3 cm³/mol. The van der Waals surface area contributed by atoms with Gasteiger partial charge in [-0.15, -0.1) is 0 Å². The van der Waals surface area contributed by atoms with Crippen LogP contribution in [0.1, 0.15) is 43.6 Å². The summed E-state index contributed by atoms with van der Waals surface area (Å²) in [6, 6.07) is 9.48. The summed E-state index contributed by atoms with van der Waals surface area (Å²) in [4.78, 5) is 11.3. The first kappa shape index (κ1) is 14.1. The van der Waals surface area contributed by atoms with Crippen LogP contribution in [0.2, 0.25) is 0 Å². The second kappa shape index (κ2) is 7.29. The molecule has 1 atom stereocenters. The number of benzene rings is 1. The van der Waals surface area contributed by atoms with Gasteiger partial charge in [0.15, 0.2) is 0 Å². The van der Waals surface area contributed by atoms with E-state index in [1.165, 1.54) is 32.1 Å². The fraction of sp³-hybridized carbons (Fsp3) is 0.562. The Labute approximate surface area is 115 Å². The zero-order chi connectivity index (χ0) is 13.5. The molecule has 0 spiro atoms. The monoisotopic (exact) mass is 261 g/mol. The molecular formula is C16H23NO2. The first-order chi connectivity index (χ1) is 9.27. The van der Waals surface area contributed by atoms with Gasteiger partial charge in [0.1, 0.15) is 0 Å². The molecule has 2 rings (SSSR count). The third-order valence-electron chi connectivity index (χ3n) is 4.01. The Morgan fingerprint density at radius 2 is 1.89 bits per heavy atom. The first-order valence-corrected chi connectivity index (χ1v) is 7.26. The van der Waals surface area contributed by atoms with Crippen molar-refractivity contribution >= 4 is 5.97 Å². The molecule has 0 aromatic heterocycles. The Morgan fingerprint density at radius 1 is 1.21 bits per heavy atom. The van der Waals surface area contributed by atoms with Gasteiger partial charge in [-0.3, -0.25) is 4.79 Å². The number of carbonyl (C=O) groups is 1. The smallest absolute Gasteiger partial charge is 0.312 e. The minimum absolute atomic E-state index is 0.440. The molecule has 0 bridgehead atoms. The maximum atomic E-state index is 11.3. The quantitative estimate of drug-likeness (QED) is 0.827. The Bertz CT molecular complexity index is 385. The van der Waals surface area contributed by atoms with Crippen molar-refractivity contribution in [2.24, 2.45) is 5.92 Å². The highest BCUT2D eigenvalue weighted by atomic mass is 16.4. The first-order valence-electron chi connectivity index (χ1n) is 7.26. The van der Waals surface area contributed by atoms with Crippen LogP contribution >= 0.6 is 0 Å². The van der Waals surface area contributed by atoms with Crippen LogP contribution in [0.15, 0.2) is 30.3 Å². The number of aliphatic carboxylic acids is 1. The van der Waals surface area contributed by atoms with Gasteiger partial charge in [0.25, 0.3) is 0 Å². The molecular weight excluding hydrogens is 238 g/mol. The van der Waals surface area contributed by atoms with E-state index in [1.54, 1.807) is 0 Å². The van der Waals surface area contributed by atoms with Gasteiger partial charge in [0.05, 0.1) is 5.92 Å². The van der Waals surface area contributed by atoms with Crippen LogP contribution in [-0.2, 0) is 4.79 Å². The molecule has 3 heteroatoms. The molecule has 2 N–H and O–H groups in total. The van der Waals surface area contributed by atoms with Gasteiger partial charge in [-0.05, 0) is 30.9 Å². The summed E-state index contributed by atoms with van der Waals surface area (Å²) in [7, 11) is 0. The molecule has 0 unspecified atom stereocenters. The molecule has 0 saturated heterocycles. The van der Waals surface area contributed by atoms with Crippen molar-refractivity contribution in [2.75, 3.05) is 13.1 Å². The van der Waals surface area contributed by atoms with Crippen LogP contribution in [0.25, 0.3) is 0 Å². The largest absolute Gasteiger partial charge is 0.481 e. The van der Waals surface area contributed by atoms with E-state index >= 15 is 0 Å². The summed E-state index contributed by atoms with van der Waals surface area (Å²) in [5.41, 5.74) is 0.881. The SMILES string of the molecule is O=C(O)[C@@H](CNCC1CCCCC1)c1ccccc1. The van der Waals surface area contributed by atoms with Crippen molar-refractivity contribution in [2.45, 2.75) is 38.0 Å². The van der Waals surface area contributed by atoms with Gasteiger partial charge in [-0.2, -0.15) is 0 Å². The predicted octanol–water partition coefficient (Wildman–Crippen LogP) is 3.02. The molecule has 1 aliphatic carbocycles. The fourth-order valence-corrected chi connectivity index (χ4v) is 2.86. The van der Waals surface area contributed by atoms with E-state index in [4.69, 9.17) is 0 Å². The van der Waals surface area contributed by atoms with E-state index in [2.05, 4.69) is 5.32 Å². The molecule has 104 valence electrons. The van der Waals surface area contributed by atoms with E-state index in [-0.39, 0.29) is 0 Å². The zero-order valence-electron chi connectivity index (χ0n) is 11.3. The van der Waals surface area contributed by atoms with Crippen LogP contribution in [0.4, 0.5) is 0 Å². The van der Waals surface area contributed by atoms with E-state index in [0.717, 1.165) is 18.0 Å². The van der Waals surface area contributed by atoms with E-state index in [9.17, 15) is 9.90 Å². The summed E-state index contributed by atoms with van der Waals surface area (Å²) in [5.74, 6) is -0.453. The minimum Gasteiger partial charge on any atom is -0.481 e. The molecule has 0 amide bonds. The Balaban J connectivity index is 1.82. The second-order valence-electron chi connectivity index (χ2n) is 5.46. The molecule has 0 heterocycles. The molecule has 0 radical (unpaired) electrons. The summed E-state index contributed by atoms with van der Waals surface area (Å²) in [5, 5.41) is 12.7. The lowest BCUT2D eigenvalue weighted by atomic mass is 9.89. The molecule has 1 aromatic carbocycles. The van der Waals surface area contributed by atoms with Crippen LogP contribution in [-0.4, -0.2) is 24.2 Å². The molecule has 1 fully saturated rings. The normalized spacial score (nSPS) is 18.1. The topological polar surface area (TPSA) is 49.3 Å². The van der Waals surface area contributed by atoms with E-state index in [1.807, 2.05) is 30.3 Å². The van der Waals surface area contributed by atoms with Crippen LogP contribution in [0.5, 0.6) is 0 Å². The van der Waals surface area contributed by atoms with Crippen LogP contribution < -0.4 is 5.32 Å². The van der Waals surface area contributed by atoms with E-state index in [0.29, 0.717) is 6.54 Å². The van der Waals surface area contributed by atoms with Crippen molar-refractivity contribution in [3.63, 3.8) is 0 Å². The third kappa shape index (κ3) is 4.35. The van der Waals surface area contributed by atoms with Crippen molar-refractivity contribution in [3.05, 3.63) is 35.9 Å². The van der Waals surface area contributed by atoms with Gasteiger partial charge in [0, 0.05) is 6.54 Å². The average molecular weight is 261 g/mol. The van der Waals surface area contributed by atoms with Gasteiger partial charge >= 0.3 is 5.97 Å². The summed E-state index contributed by atoms with van der Waals surface area (Å²) in [6.45, 7) is 1.48. The Kier molecular flexibility index (Phi) is 5.40. The summed E-state index contributed by atoms with van der Waals surface area (Å²) in [6.07, 6.45) is 6.59. The maximum absolute atomic E-state index is 11.3. The molecule has 1 saturated carbocycles. The second-order valence-corrected chi connectivity index (χ2v) is 5.46. The number of nitrogens with one attached hydrogen (secondary N) is 1. The molecule has 3 nitrogen and oxygen atoms in total. The fourth-order valence-electron chi connectivity index (χ4n) is 2.86. The van der Waals surface area contributed by atoms with Gasteiger partial charge in [-0.25, -0.2) is 0 Å². The number of hydrogen-bond donors (Lipinski definition) is 2. The summed E-state index contributed by atoms with van der Waals surface area (Å²) < 4.78 is 0. The Hall–Kier alpha value is -1.35. The maximum Gasteiger partial charge on any atom is 0.312 e. The minimum atomic E-state index is -0.748. The van der Waals surface area contributed by atoms with E-state index < -0.39 is 11.9 Å². The highest BCUT2D eigenvalue weighted by Gasteiger charge is 2.20. The van der Waals surface area contributed by atoms with Crippen LogP contribution in [0.3, 0.4) is 0 Å². The standard InChI is InChI=1S/C16H23NO2/c18-16(19)15(14-9-5-2-6-10-14)12-17-11-13-7-3-1-4-8-13/h2,5-6,9-10,13,15,17H,1,3-4,7-8,11-12H2,(H,18,19)/t15-/m0/s1. The molecule has 19 heavy (non-hydrogen) atoms. The highest BCUT2D eigenvalue weighted by Crippen LogP contribution is 2.23. The summed E-state index contributed by atoms with van der Waals surface area (Å²) >= 11 is 0. The number of rotatable bonds is 6. The lowest BCUT2D eigenvalue weighted by Gasteiger charge is -2.23. The number of carboxylic acids is 1. The third-order valence-corrected chi connectivity index (χ3v) is 4.01. The van der Waals surface area contributed by atoms with Crippen LogP contribution in [0, 0.1) is 5.92 Å². The lowest BCUT2D eigenvalue weighted by Crippen LogP contribution is -2.31. The van der Waals surface area contributed by atoms with Crippen molar-refractivity contribution in [1.29, 1.82) is 0 Å². The number of carboxylic acid groups (broad SMARTS) is 1. The zero-order valence-corrected chi connectivity index (χ0v) is 11.3. The highest BCUT2D eigenvalue weighted by molar-refractivity contribution is 5.76. The number of hydrogen-bond acceptors (Lipinski definition) is 2. The van der Waals surface area contributed by atoms with Gasteiger partial charge in [0.2, 0.25) is 0 Å². The van der Waals surface area contributed by atoms with Crippen molar-refractivity contribution in [3.8, 4) is 0 Å². The Morgan fingerprint density at radius 3 is 2.53 bits per heavy atom.